The van der Waals surface area contributed by atoms with E-state index >= 15 is 0 Å². The van der Waals surface area contributed by atoms with Gasteiger partial charge in [0.05, 0.1) is 6.10 Å². The number of hydrogen-bond donors (Lipinski definition) is 2. The summed E-state index contributed by atoms with van der Waals surface area (Å²) in [7, 11) is 0. The molecule has 0 aliphatic heterocycles. The van der Waals surface area contributed by atoms with Crippen LogP contribution < -0.4 is 5.32 Å². The fraction of sp³-hybridized carbons (Fsp3) is 0.400. The van der Waals surface area contributed by atoms with Gasteiger partial charge in [-0.15, -0.1) is 0 Å². The normalized spacial score (nSPS) is 12.9. The van der Waals surface area contributed by atoms with E-state index in [1.807, 2.05) is 26.0 Å². The molecule has 104 valence electrons. The largest absolute Gasteiger partial charge is 0.393 e. The lowest BCUT2D eigenvalue weighted by atomic mass is 10.0. The SMILES string of the molecule is CC(C)C(O)CCNC(=O)C=Cc1ccc(Cl)cc1. The van der Waals surface area contributed by atoms with Crippen molar-refractivity contribution in [2.24, 2.45) is 5.92 Å². The van der Waals surface area contributed by atoms with Gasteiger partial charge < -0.3 is 10.4 Å². The molecule has 1 rings (SSSR count). The monoisotopic (exact) mass is 281 g/mol. The molecule has 0 aliphatic rings. The second-order valence-corrected chi connectivity index (χ2v) is 5.21. The van der Waals surface area contributed by atoms with Crippen molar-refractivity contribution in [2.45, 2.75) is 26.4 Å². The van der Waals surface area contributed by atoms with E-state index in [0.717, 1.165) is 5.56 Å². The fourth-order valence-corrected chi connectivity index (χ4v) is 1.61. The van der Waals surface area contributed by atoms with Gasteiger partial charge >= 0.3 is 0 Å². The zero-order valence-electron chi connectivity index (χ0n) is 11.3. The minimum atomic E-state index is -0.374. The van der Waals surface area contributed by atoms with Gasteiger partial charge in [-0.1, -0.05) is 37.6 Å². The molecule has 1 aromatic carbocycles. The van der Waals surface area contributed by atoms with Crippen LogP contribution >= 0.6 is 11.6 Å². The number of halogens is 1. The van der Waals surface area contributed by atoms with Crippen LogP contribution in [0.4, 0.5) is 0 Å². The Balaban J connectivity index is 2.33. The zero-order valence-corrected chi connectivity index (χ0v) is 12.0. The van der Waals surface area contributed by atoms with Crippen molar-refractivity contribution in [3.63, 3.8) is 0 Å². The molecule has 0 aromatic heterocycles. The van der Waals surface area contributed by atoms with E-state index in [1.165, 1.54) is 6.08 Å². The van der Waals surface area contributed by atoms with Crippen molar-refractivity contribution in [3.05, 3.63) is 40.9 Å². The molecule has 0 aliphatic carbocycles. The van der Waals surface area contributed by atoms with E-state index in [4.69, 9.17) is 11.6 Å². The van der Waals surface area contributed by atoms with E-state index in [0.29, 0.717) is 18.0 Å². The van der Waals surface area contributed by atoms with E-state index in [-0.39, 0.29) is 17.9 Å². The van der Waals surface area contributed by atoms with Gasteiger partial charge in [0.25, 0.3) is 0 Å². The van der Waals surface area contributed by atoms with Crippen molar-refractivity contribution in [2.75, 3.05) is 6.54 Å². The smallest absolute Gasteiger partial charge is 0.244 e. The van der Waals surface area contributed by atoms with Gasteiger partial charge in [-0.05, 0) is 36.1 Å². The van der Waals surface area contributed by atoms with Crippen molar-refractivity contribution in [3.8, 4) is 0 Å². The Hall–Kier alpha value is -1.32. The molecule has 19 heavy (non-hydrogen) atoms. The molecule has 2 N–H and O–H groups in total. The van der Waals surface area contributed by atoms with E-state index in [1.54, 1.807) is 18.2 Å². The number of amides is 1. The van der Waals surface area contributed by atoms with Crippen LogP contribution in [0.1, 0.15) is 25.8 Å². The highest BCUT2D eigenvalue weighted by atomic mass is 35.5. The Labute approximate surface area is 119 Å². The molecule has 0 saturated heterocycles. The van der Waals surface area contributed by atoms with Crippen LogP contribution in [0.3, 0.4) is 0 Å². The van der Waals surface area contributed by atoms with Crippen molar-refractivity contribution < 1.29 is 9.90 Å². The van der Waals surface area contributed by atoms with E-state index in [9.17, 15) is 9.90 Å². The summed E-state index contributed by atoms with van der Waals surface area (Å²) in [6.07, 6.45) is 3.40. The molecule has 0 bridgehead atoms. The molecule has 1 amide bonds. The summed E-state index contributed by atoms with van der Waals surface area (Å²) in [4.78, 5) is 11.5. The first-order chi connectivity index (χ1) is 8.99. The lowest BCUT2D eigenvalue weighted by Crippen LogP contribution is -2.27. The third-order valence-electron chi connectivity index (χ3n) is 2.81. The summed E-state index contributed by atoms with van der Waals surface area (Å²) >= 11 is 5.77. The number of aliphatic hydroxyl groups excluding tert-OH is 1. The Morgan fingerprint density at radius 2 is 2.00 bits per heavy atom. The summed E-state index contributed by atoms with van der Waals surface area (Å²) in [6, 6.07) is 7.24. The third-order valence-corrected chi connectivity index (χ3v) is 3.06. The van der Waals surface area contributed by atoms with Crippen molar-refractivity contribution in [1.82, 2.24) is 5.32 Å². The minimum Gasteiger partial charge on any atom is -0.393 e. The molecule has 0 radical (unpaired) electrons. The first-order valence-electron chi connectivity index (χ1n) is 6.38. The second kappa shape index (κ2) is 7.97. The van der Waals surface area contributed by atoms with Crippen molar-refractivity contribution >= 4 is 23.6 Å². The van der Waals surface area contributed by atoms with E-state index in [2.05, 4.69) is 5.32 Å². The quantitative estimate of drug-likeness (QED) is 0.788. The summed E-state index contributed by atoms with van der Waals surface area (Å²) in [5, 5.41) is 13.0. The Kier molecular flexibility index (Phi) is 6.60. The summed E-state index contributed by atoms with van der Waals surface area (Å²) in [5.74, 6) is 0.0485. The van der Waals surface area contributed by atoms with Crippen LogP contribution in [-0.4, -0.2) is 23.7 Å². The number of rotatable bonds is 6. The molecular formula is C15H20ClNO2. The van der Waals surface area contributed by atoms with E-state index < -0.39 is 0 Å². The fourth-order valence-electron chi connectivity index (χ4n) is 1.48. The Bertz CT molecular complexity index is 426. The van der Waals surface area contributed by atoms with Crippen molar-refractivity contribution in [1.29, 1.82) is 0 Å². The second-order valence-electron chi connectivity index (χ2n) is 4.78. The molecule has 3 nitrogen and oxygen atoms in total. The first kappa shape index (κ1) is 15.7. The maximum Gasteiger partial charge on any atom is 0.244 e. The highest BCUT2D eigenvalue weighted by Gasteiger charge is 2.08. The zero-order chi connectivity index (χ0) is 14.3. The maximum absolute atomic E-state index is 11.5. The molecule has 1 aromatic rings. The predicted octanol–water partition coefficient (Wildman–Crippen LogP) is 2.88. The molecular weight excluding hydrogens is 262 g/mol. The van der Waals surface area contributed by atoms with Gasteiger partial charge in [0.1, 0.15) is 0 Å². The number of carbonyl (C=O) groups excluding carboxylic acids is 1. The molecule has 0 spiro atoms. The minimum absolute atomic E-state index is 0.161. The molecule has 0 fully saturated rings. The van der Waals surface area contributed by atoms with Crippen LogP contribution in [0.15, 0.2) is 30.3 Å². The van der Waals surface area contributed by atoms with Gasteiger partial charge in [-0.2, -0.15) is 0 Å². The van der Waals surface area contributed by atoms with Crippen LogP contribution in [0.5, 0.6) is 0 Å². The van der Waals surface area contributed by atoms with Crippen LogP contribution in [-0.2, 0) is 4.79 Å². The number of hydrogen-bond acceptors (Lipinski definition) is 2. The van der Waals surface area contributed by atoms with Gasteiger partial charge in [0.2, 0.25) is 5.91 Å². The Morgan fingerprint density at radius 1 is 1.37 bits per heavy atom. The first-order valence-corrected chi connectivity index (χ1v) is 6.76. The van der Waals surface area contributed by atoms with Gasteiger partial charge in [0, 0.05) is 17.6 Å². The highest BCUT2D eigenvalue weighted by molar-refractivity contribution is 6.30. The third kappa shape index (κ3) is 6.41. The molecule has 0 saturated carbocycles. The predicted molar refractivity (Wildman–Crippen MR) is 79.0 cm³/mol. The lowest BCUT2D eigenvalue weighted by Gasteiger charge is -2.13. The number of aliphatic hydroxyl groups is 1. The standard InChI is InChI=1S/C15H20ClNO2/c1-11(2)14(18)9-10-17-15(19)8-5-12-3-6-13(16)7-4-12/h3-8,11,14,18H,9-10H2,1-2H3,(H,17,19). The molecule has 1 atom stereocenters. The van der Waals surface area contributed by atoms with Gasteiger partial charge in [-0.25, -0.2) is 0 Å². The topological polar surface area (TPSA) is 49.3 Å². The van der Waals surface area contributed by atoms with Crippen LogP contribution in [0.2, 0.25) is 5.02 Å². The molecule has 0 heterocycles. The summed E-state index contributed by atoms with van der Waals surface area (Å²) in [6.45, 7) is 4.38. The highest BCUT2D eigenvalue weighted by Crippen LogP contribution is 2.10. The van der Waals surface area contributed by atoms with Gasteiger partial charge in [-0.3, -0.25) is 4.79 Å². The van der Waals surface area contributed by atoms with Gasteiger partial charge in [0.15, 0.2) is 0 Å². The summed E-state index contributed by atoms with van der Waals surface area (Å²) in [5.41, 5.74) is 0.918. The average Bonchev–Trinajstić information content (AvgIpc) is 2.37. The average molecular weight is 282 g/mol. The molecule has 4 heteroatoms. The number of carbonyl (C=O) groups is 1. The lowest BCUT2D eigenvalue weighted by molar-refractivity contribution is -0.116. The Morgan fingerprint density at radius 3 is 2.58 bits per heavy atom. The van der Waals surface area contributed by atoms with Crippen LogP contribution in [0, 0.1) is 5.92 Å². The summed E-state index contributed by atoms with van der Waals surface area (Å²) < 4.78 is 0. The number of nitrogens with one attached hydrogen (secondary N) is 1. The molecule has 1 unspecified atom stereocenters. The van der Waals surface area contributed by atoms with Crippen LogP contribution in [0.25, 0.3) is 6.08 Å². The number of benzene rings is 1. The maximum atomic E-state index is 11.5.